The van der Waals surface area contributed by atoms with Crippen LogP contribution in [0.3, 0.4) is 0 Å². The fraction of sp³-hybridized carbons (Fsp3) is 0.143. The van der Waals surface area contributed by atoms with Gasteiger partial charge in [-0.05, 0) is 5.92 Å². The molecule has 2 rings (SSSR count). The van der Waals surface area contributed by atoms with Crippen molar-refractivity contribution >= 4 is 23.3 Å². The number of ketones is 1. The second-order valence-electron chi connectivity index (χ2n) is 3.75. The molecule has 0 aliphatic rings. The van der Waals surface area contributed by atoms with Gasteiger partial charge in [0.05, 0.1) is 6.54 Å². The SMILES string of the molecule is CC(=O)C#CCNc1onc(-c2ccccc2)c1Cl. The summed E-state index contributed by atoms with van der Waals surface area (Å²) in [6.45, 7) is 1.67. The molecule has 0 atom stereocenters. The summed E-state index contributed by atoms with van der Waals surface area (Å²) < 4.78 is 5.11. The summed E-state index contributed by atoms with van der Waals surface area (Å²) in [5.41, 5.74) is 1.45. The first kappa shape index (κ1) is 13.2. The lowest BCUT2D eigenvalue weighted by Gasteiger charge is -1.97. The molecule has 0 aliphatic carbocycles. The van der Waals surface area contributed by atoms with Crippen molar-refractivity contribution in [3.8, 4) is 23.1 Å². The average molecular weight is 275 g/mol. The first-order valence-corrected chi connectivity index (χ1v) is 6.00. The molecule has 96 valence electrons. The van der Waals surface area contributed by atoms with E-state index in [2.05, 4.69) is 22.3 Å². The second kappa shape index (κ2) is 6.07. The van der Waals surface area contributed by atoms with Crippen LogP contribution in [0.2, 0.25) is 5.02 Å². The van der Waals surface area contributed by atoms with Crippen molar-refractivity contribution in [1.82, 2.24) is 5.16 Å². The highest BCUT2D eigenvalue weighted by Gasteiger charge is 2.14. The van der Waals surface area contributed by atoms with E-state index in [1.807, 2.05) is 30.3 Å². The van der Waals surface area contributed by atoms with E-state index in [-0.39, 0.29) is 12.3 Å². The smallest absolute Gasteiger partial charge is 0.244 e. The molecule has 0 unspecified atom stereocenters. The molecule has 1 heterocycles. The van der Waals surface area contributed by atoms with Gasteiger partial charge in [0.2, 0.25) is 11.7 Å². The molecule has 1 N–H and O–H groups in total. The van der Waals surface area contributed by atoms with Crippen LogP contribution in [0.5, 0.6) is 0 Å². The van der Waals surface area contributed by atoms with E-state index in [0.29, 0.717) is 16.6 Å². The Hall–Kier alpha value is -2.25. The van der Waals surface area contributed by atoms with Gasteiger partial charge >= 0.3 is 0 Å². The number of Topliss-reactive ketones (excluding diaryl/α,β-unsaturated/α-hetero) is 1. The Labute approximate surface area is 115 Å². The third-order valence-electron chi connectivity index (χ3n) is 2.28. The third-order valence-corrected chi connectivity index (χ3v) is 2.64. The Morgan fingerprint density at radius 2 is 2.16 bits per heavy atom. The number of carbonyl (C=O) groups excluding carboxylic acids is 1. The Morgan fingerprint density at radius 3 is 2.84 bits per heavy atom. The first-order valence-electron chi connectivity index (χ1n) is 5.62. The Balaban J connectivity index is 2.12. The number of nitrogens with zero attached hydrogens (tertiary/aromatic N) is 1. The van der Waals surface area contributed by atoms with Crippen molar-refractivity contribution in [2.24, 2.45) is 0 Å². The van der Waals surface area contributed by atoms with Gasteiger partial charge in [-0.25, -0.2) is 0 Å². The van der Waals surface area contributed by atoms with Crippen LogP contribution in [-0.2, 0) is 4.79 Å². The molecule has 0 amide bonds. The lowest BCUT2D eigenvalue weighted by atomic mass is 10.1. The van der Waals surface area contributed by atoms with E-state index < -0.39 is 0 Å². The molecule has 0 bridgehead atoms. The molecule has 19 heavy (non-hydrogen) atoms. The number of hydrogen-bond acceptors (Lipinski definition) is 4. The van der Waals surface area contributed by atoms with E-state index >= 15 is 0 Å². The van der Waals surface area contributed by atoms with Gasteiger partial charge in [0.1, 0.15) is 10.7 Å². The molecule has 0 saturated carbocycles. The van der Waals surface area contributed by atoms with Crippen molar-refractivity contribution in [1.29, 1.82) is 0 Å². The van der Waals surface area contributed by atoms with E-state index in [1.165, 1.54) is 6.92 Å². The van der Waals surface area contributed by atoms with Crippen LogP contribution >= 0.6 is 11.6 Å². The number of benzene rings is 1. The van der Waals surface area contributed by atoms with E-state index in [4.69, 9.17) is 16.1 Å². The van der Waals surface area contributed by atoms with E-state index in [9.17, 15) is 4.79 Å². The van der Waals surface area contributed by atoms with Gasteiger partial charge in [0, 0.05) is 12.5 Å². The number of rotatable bonds is 3. The molecule has 0 aliphatic heterocycles. The molecule has 2 aromatic rings. The predicted molar refractivity (Wildman–Crippen MR) is 73.9 cm³/mol. The monoisotopic (exact) mass is 274 g/mol. The molecule has 4 nitrogen and oxygen atoms in total. The summed E-state index contributed by atoms with van der Waals surface area (Å²) in [5.74, 6) is 5.23. The van der Waals surface area contributed by atoms with Gasteiger partial charge in [0.25, 0.3) is 0 Å². The summed E-state index contributed by atoms with van der Waals surface area (Å²) in [6.07, 6.45) is 0. The van der Waals surface area contributed by atoms with Gasteiger partial charge in [-0.1, -0.05) is 53.0 Å². The molecular formula is C14H11ClN2O2. The normalized spacial score (nSPS) is 9.58. The van der Waals surface area contributed by atoms with Crippen LogP contribution in [0.1, 0.15) is 6.92 Å². The Kier molecular flexibility index (Phi) is 4.22. The van der Waals surface area contributed by atoms with Gasteiger partial charge in [-0.2, -0.15) is 0 Å². The van der Waals surface area contributed by atoms with Gasteiger partial charge in [0.15, 0.2) is 0 Å². The van der Waals surface area contributed by atoms with Crippen molar-refractivity contribution in [2.45, 2.75) is 6.92 Å². The zero-order chi connectivity index (χ0) is 13.7. The highest BCUT2D eigenvalue weighted by atomic mass is 35.5. The maximum Gasteiger partial charge on any atom is 0.244 e. The maximum atomic E-state index is 10.6. The fourth-order valence-corrected chi connectivity index (χ4v) is 1.70. The van der Waals surface area contributed by atoms with Crippen molar-refractivity contribution in [2.75, 3.05) is 11.9 Å². The average Bonchev–Trinajstić information content (AvgIpc) is 2.77. The molecule has 1 aromatic carbocycles. The van der Waals surface area contributed by atoms with Crippen molar-refractivity contribution in [3.63, 3.8) is 0 Å². The molecule has 0 fully saturated rings. The summed E-state index contributed by atoms with van der Waals surface area (Å²) in [5, 5.41) is 7.19. The minimum Gasteiger partial charge on any atom is -0.342 e. The van der Waals surface area contributed by atoms with Crippen LogP contribution in [-0.4, -0.2) is 17.5 Å². The Bertz CT molecular complexity index is 638. The van der Waals surface area contributed by atoms with Crippen molar-refractivity contribution < 1.29 is 9.32 Å². The summed E-state index contributed by atoms with van der Waals surface area (Å²) in [7, 11) is 0. The zero-order valence-corrected chi connectivity index (χ0v) is 11.0. The summed E-state index contributed by atoms with van der Waals surface area (Å²) in [6, 6.07) is 9.48. The van der Waals surface area contributed by atoms with E-state index in [0.717, 1.165) is 5.56 Å². The number of carbonyl (C=O) groups is 1. The standard InChI is InChI=1S/C14H11ClN2O2/c1-10(18)6-5-9-16-14-12(15)13(17-19-14)11-7-3-2-4-8-11/h2-4,7-8,16H,9H2,1H3. The molecule has 0 saturated heterocycles. The lowest BCUT2D eigenvalue weighted by molar-refractivity contribution is -0.111. The molecule has 1 aromatic heterocycles. The van der Waals surface area contributed by atoms with Gasteiger partial charge < -0.3 is 9.84 Å². The number of hydrogen-bond donors (Lipinski definition) is 1. The number of aromatic nitrogens is 1. The second-order valence-corrected chi connectivity index (χ2v) is 4.13. The fourth-order valence-electron chi connectivity index (χ4n) is 1.46. The summed E-state index contributed by atoms with van der Waals surface area (Å²) in [4.78, 5) is 10.6. The van der Waals surface area contributed by atoms with Crippen LogP contribution in [0, 0.1) is 11.8 Å². The van der Waals surface area contributed by atoms with Gasteiger partial charge in [-0.3, -0.25) is 4.79 Å². The quantitative estimate of drug-likeness (QED) is 0.690. The number of anilines is 1. The first-order chi connectivity index (χ1) is 9.18. The lowest BCUT2D eigenvalue weighted by Crippen LogP contribution is -1.98. The molecular weight excluding hydrogens is 264 g/mol. The highest BCUT2D eigenvalue weighted by Crippen LogP contribution is 2.32. The van der Waals surface area contributed by atoms with Crippen LogP contribution < -0.4 is 5.32 Å². The number of halogens is 1. The minimum absolute atomic E-state index is 0.185. The molecule has 5 heteroatoms. The van der Waals surface area contributed by atoms with Crippen LogP contribution in [0.25, 0.3) is 11.3 Å². The summed E-state index contributed by atoms with van der Waals surface area (Å²) >= 11 is 6.17. The predicted octanol–water partition coefficient (Wildman–Crippen LogP) is 3.00. The van der Waals surface area contributed by atoms with Gasteiger partial charge in [-0.15, -0.1) is 0 Å². The maximum absolute atomic E-state index is 10.6. The van der Waals surface area contributed by atoms with Crippen LogP contribution in [0.4, 0.5) is 5.88 Å². The largest absolute Gasteiger partial charge is 0.342 e. The number of nitrogens with one attached hydrogen (secondary N) is 1. The molecule has 0 spiro atoms. The highest BCUT2D eigenvalue weighted by molar-refractivity contribution is 6.35. The van der Waals surface area contributed by atoms with Crippen LogP contribution in [0.15, 0.2) is 34.9 Å². The molecule has 0 radical (unpaired) electrons. The van der Waals surface area contributed by atoms with Crippen molar-refractivity contribution in [3.05, 3.63) is 35.4 Å². The van der Waals surface area contributed by atoms with E-state index in [1.54, 1.807) is 0 Å². The minimum atomic E-state index is -0.185. The third kappa shape index (κ3) is 3.36. The Morgan fingerprint density at radius 1 is 1.42 bits per heavy atom. The topological polar surface area (TPSA) is 55.1 Å². The zero-order valence-electron chi connectivity index (χ0n) is 10.2.